The number of amides is 6. The minimum absolute atomic E-state index is 0.0889. The summed E-state index contributed by atoms with van der Waals surface area (Å²) in [6, 6.07) is -5.57. The standard InChI is InChI=1S/C32H44N8O16/c1-13-4-3-5-15(21(42)8-17(34)32(55)56)26(13)40-30(53)18(6-7-23(44)45)38-31(54)20(12-41)37-22(43)11-35-29(52)19(10-25(48)49)39-27(50)14(2)36-28(51)16(33)9-24(46)47/h3-5,14,16-20,41H,6-12,33-34H2,1-2H3,(H,35,52)(H,36,51)(H,37,43)(H,38,54)(H,39,50)(H,40,53)(H,44,45)(H,46,47)(H,48,49)(H,55,56)/t14-,16?,17+,18+,19+,20-/m1/s1. The molecule has 6 atom stereocenters. The second kappa shape index (κ2) is 22.6. The highest BCUT2D eigenvalue weighted by atomic mass is 16.4. The predicted molar refractivity (Wildman–Crippen MR) is 187 cm³/mol. The highest BCUT2D eigenvalue weighted by molar-refractivity contribution is 6.08. The monoisotopic (exact) mass is 796 g/mol. The molecule has 24 heteroatoms. The highest BCUT2D eigenvalue weighted by Crippen LogP contribution is 2.23. The Morgan fingerprint density at radius 2 is 1.27 bits per heavy atom. The van der Waals surface area contributed by atoms with Gasteiger partial charge in [-0.05, 0) is 31.9 Å². The van der Waals surface area contributed by atoms with Gasteiger partial charge in [-0.2, -0.15) is 0 Å². The molecular weight excluding hydrogens is 752 g/mol. The van der Waals surface area contributed by atoms with Crippen LogP contribution in [0.1, 0.15) is 54.9 Å². The van der Waals surface area contributed by atoms with Gasteiger partial charge in [-0.1, -0.05) is 12.1 Å². The van der Waals surface area contributed by atoms with Gasteiger partial charge in [-0.25, -0.2) is 0 Å². The van der Waals surface area contributed by atoms with E-state index in [-0.39, 0.29) is 11.3 Å². The lowest BCUT2D eigenvalue weighted by Gasteiger charge is -2.23. The van der Waals surface area contributed by atoms with Crippen LogP contribution in [0, 0.1) is 6.92 Å². The molecule has 0 bridgehead atoms. The summed E-state index contributed by atoms with van der Waals surface area (Å²) in [5.74, 6) is -13.3. The number of carboxylic acid groups (broad SMARTS) is 4. The lowest BCUT2D eigenvalue weighted by Crippen LogP contribution is -2.57. The largest absolute Gasteiger partial charge is 0.481 e. The van der Waals surface area contributed by atoms with Crippen LogP contribution in [0.2, 0.25) is 0 Å². The molecule has 0 radical (unpaired) electrons. The molecule has 0 fully saturated rings. The fourth-order valence-electron chi connectivity index (χ4n) is 4.56. The first kappa shape index (κ1) is 47.5. The summed E-state index contributed by atoms with van der Waals surface area (Å²) in [6.07, 6.45) is -3.60. The van der Waals surface area contributed by atoms with E-state index in [9.17, 15) is 68.1 Å². The molecule has 0 aliphatic carbocycles. The average molecular weight is 797 g/mol. The van der Waals surface area contributed by atoms with Gasteiger partial charge in [0.2, 0.25) is 35.4 Å². The normalized spacial score (nSPS) is 13.9. The molecule has 15 N–H and O–H groups in total. The van der Waals surface area contributed by atoms with E-state index in [0.717, 1.165) is 6.92 Å². The number of benzene rings is 1. The fraction of sp³-hybridized carbons (Fsp3) is 0.469. The second-order valence-corrected chi connectivity index (χ2v) is 12.2. The Kier molecular flexibility index (Phi) is 19.2. The predicted octanol–water partition coefficient (Wildman–Crippen LogP) is -4.87. The van der Waals surface area contributed by atoms with Crippen molar-refractivity contribution in [2.75, 3.05) is 18.5 Å². The first-order valence-electron chi connectivity index (χ1n) is 16.5. The van der Waals surface area contributed by atoms with Gasteiger partial charge in [0.05, 0.1) is 37.7 Å². The van der Waals surface area contributed by atoms with Crippen molar-refractivity contribution >= 4 is 70.8 Å². The Hall–Kier alpha value is -6.53. The molecule has 1 rings (SSSR count). The number of carbonyl (C=O) groups is 11. The molecule has 0 aliphatic rings. The van der Waals surface area contributed by atoms with Crippen molar-refractivity contribution < 1.29 is 78.3 Å². The SMILES string of the molecule is Cc1cccc(C(=O)C[C@H](N)C(=O)O)c1NC(=O)[C@H](CCC(=O)O)NC(=O)[C@@H](CO)NC(=O)CNC(=O)[C@H](CC(=O)O)NC(=O)[C@@H](C)NC(=O)C(N)CC(=O)O. The van der Waals surface area contributed by atoms with Crippen molar-refractivity contribution in [3.63, 3.8) is 0 Å². The van der Waals surface area contributed by atoms with Crippen LogP contribution in [-0.2, 0) is 47.9 Å². The first-order valence-corrected chi connectivity index (χ1v) is 16.5. The third-order valence-corrected chi connectivity index (χ3v) is 7.58. The molecule has 1 aromatic carbocycles. The van der Waals surface area contributed by atoms with E-state index in [1.54, 1.807) is 0 Å². The van der Waals surface area contributed by atoms with Crippen LogP contribution in [0.3, 0.4) is 0 Å². The van der Waals surface area contributed by atoms with Crippen LogP contribution in [0.4, 0.5) is 5.69 Å². The summed E-state index contributed by atoms with van der Waals surface area (Å²) >= 11 is 0. The van der Waals surface area contributed by atoms with E-state index in [2.05, 4.69) is 26.6 Å². The van der Waals surface area contributed by atoms with Crippen LogP contribution in [0.5, 0.6) is 0 Å². The highest BCUT2D eigenvalue weighted by Gasteiger charge is 2.31. The molecule has 0 aromatic heterocycles. The molecule has 6 amide bonds. The number of hydrogen-bond acceptors (Lipinski definition) is 14. The van der Waals surface area contributed by atoms with Crippen LogP contribution in [0.15, 0.2) is 18.2 Å². The molecule has 0 aliphatic heterocycles. The number of aliphatic carboxylic acids is 4. The number of aryl methyl sites for hydroxylation is 1. The molecular formula is C32H44N8O16. The second-order valence-electron chi connectivity index (χ2n) is 12.2. The number of carbonyl (C=O) groups excluding carboxylic acids is 7. The maximum absolute atomic E-state index is 13.3. The number of nitrogens with two attached hydrogens (primary N) is 2. The van der Waals surface area contributed by atoms with Crippen LogP contribution in [-0.4, -0.2) is 140 Å². The average Bonchev–Trinajstić information content (AvgIpc) is 3.10. The number of ketones is 1. The first-order chi connectivity index (χ1) is 26.1. The third kappa shape index (κ3) is 16.2. The molecule has 0 heterocycles. The van der Waals surface area contributed by atoms with Gasteiger partial charge in [-0.3, -0.25) is 52.7 Å². The minimum Gasteiger partial charge on any atom is -0.481 e. The summed E-state index contributed by atoms with van der Waals surface area (Å²) in [4.78, 5) is 134. The summed E-state index contributed by atoms with van der Waals surface area (Å²) in [6.45, 7) is 0.577. The zero-order valence-electron chi connectivity index (χ0n) is 30.0. The molecule has 308 valence electrons. The smallest absolute Gasteiger partial charge is 0.320 e. The Morgan fingerprint density at radius 1 is 0.661 bits per heavy atom. The molecule has 1 aromatic rings. The van der Waals surface area contributed by atoms with E-state index in [1.165, 1.54) is 25.1 Å². The lowest BCUT2D eigenvalue weighted by molar-refractivity contribution is -0.141. The van der Waals surface area contributed by atoms with Crippen molar-refractivity contribution in [1.82, 2.24) is 26.6 Å². The summed E-state index contributed by atoms with van der Waals surface area (Å²) in [5, 5.41) is 58.9. The van der Waals surface area contributed by atoms with Crippen molar-refractivity contribution in [2.45, 2.75) is 82.2 Å². The number of rotatable bonds is 24. The number of para-hydroxylation sites is 1. The number of carboxylic acids is 4. The maximum atomic E-state index is 13.3. The quantitative estimate of drug-likeness (QED) is 0.0436. The minimum atomic E-state index is -1.82. The zero-order chi connectivity index (χ0) is 42.9. The van der Waals surface area contributed by atoms with Crippen molar-refractivity contribution in [3.05, 3.63) is 29.3 Å². The third-order valence-electron chi connectivity index (χ3n) is 7.58. The number of nitrogens with one attached hydrogen (secondary N) is 6. The van der Waals surface area contributed by atoms with Gasteiger partial charge in [0.25, 0.3) is 0 Å². The van der Waals surface area contributed by atoms with Gasteiger partial charge >= 0.3 is 23.9 Å². The Balaban J connectivity index is 3.02. The van der Waals surface area contributed by atoms with Crippen molar-refractivity contribution in [2.24, 2.45) is 11.5 Å². The van der Waals surface area contributed by atoms with Gasteiger partial charge < -0.3 is 68.9 Å². The number of aliphatic hydroxyl groups excluding tert-OH is 1. The van der Waals surface area contributed by atoms with Gasteiger partial charge in [0.1, 0.15) is 30.2 Å². The van der Waals surface area contributed by atoms with Gasteiger partial charge in [0, 0.05) is 18.4 Å². The van der Waals surface area contributed by atoms with Gasteiger partial charge in [-0.15, -0.1) is 0 Å². The van der Waals surface area contributed by atoms with Crippen molar-refractivity contribution in [3.8, 4) is 0 Å². The Morgan fingerprint density at radius 3 is 1.82 bits per heavy atom. The number of anilines is 1. The van der Waals surface area contributed by atoms with Gasteiger partial charge in [0.15, 0.2) is 5.78 Å². The topological polar surface area (TPSA) is 413 Å². The molecule has 0 saturated heterocycles. The molecule has 0 saturated carbocycles. The summed E-state index contributed by atoms with van der Waals surface area (Å²) in [7, 11) is 0. The number of hydrogen-bond donors (Lipinski definition) is 13. The molecule has 56 heavy (non-hydrogen) atoms. The van der Waals surface area contributed by atoms with Crippen LogP contribution < -0.4 is 43.4 Å². The van der Waals surface area contributed by atoms with Crippen LogP contribution in [0.25, 0.3) is 0 Å². The van der Waals surface area contributed by atoms with Crippen LogP contribution >= 0.6 is 0 Å². The van der Waals surface area contributed by atoms with E-state index < -0.39 is 147 Å². The van der Waals surface area contributed by atoms with Crippen molar-refractivity contribution in [1.29, 1.82) is 0 Å². The maximum Gasteiger partial charge on any atom is 0.320 e. The van der Waals surface area contributed by atoms with E-state index in [4.69, 9.17) is 21.7 Å². The molecule has 1 unspecified atom stereocenters. The number of aliphatic hydroxyl groups is 1. The summed E-state index contributed by atoms with van der Waals surface area (Å²) < 4.78 is 0. The zero-order valence-corrected chi connectivity index (χ0v) is 30.0. The Labute approximate surface area is 317 Å². The van der Waals surface area contributed by atoms with E-state index >= 15 is 0 Å². The Bertz CT molecular complexity index is 1700. The fourth-order valence-corrected chi connectivity index (χ4v) is 4.56. The lowest BCUT2D eigenvalue weighted by atomic mass is 9.99. The summed E-state index contributed by atoms with van der Waals surface area (Å²) in [5.41, 5.74) is 11.0. The molecule has 24 nitrogen and oxygen atoms in total. The number of Topliss-reactive ketones (excluding diaryl/α,β-unsaturated/α-hetero) is 1. The van der Waals surface area contributed by atoms with E-state index in [0.29, 0.717) is 5.56 Å². The molecule has 0 spiro atoms. The van der Waals surface area contributed by atoms with E-state index in [1.807, 2.05) is 5.32 Å².